The number of esters is 1. The molecule has 2 aromatic carbocycles. The molecule has 0 aliphatic heterocycles. The van der Waals surface area contributed by atoms with Gasteiger partial charge in [0.25, 0.3) is 0 Å². The lowest BCUT2D eigenvalue weighted by Gasteiger charge is -2.21. The van der Waals surface area contributed by atoms with Gasteiger partial charge in [0.05, 0.1) is 7.11 Å². The van der Waals surface area contributed by atoms with Crippen LogP contribution in [0.25, 0.3) is 0 Å². The van der Waals surface area contributed by atoms with Crippen LogP contribution in [0.4, 0.5) is 0 Å². The third-order valence-electron chi connectivity index (χ3n) is 4.32. The fourth-order valence-corrected chi connectivity index (χ4v) is 2.98. The van der Waals surface area contributed by atoms with Gasteiger partial charge in [-0.2, -0.15) is 0 Å². The smallest absolute Gasteiger partial charge is 0.343 e. The first-order valence-corrected chi connectivity index (χ1v) is 9.34. The predicted molar refractivity (Wildman–Crippen MR) is 123 cm³/mol. The number of likely N-dealkylation sites (N-methyl/N-ethyl adjacent to an activating group) is 1. The van der Waals surface area contributed by atoms with Crippen LogP contribution in [-0.2, 0) is 16.0 Å². The fraction of sp³-hybridized carbons (Fsp3) is 0.381. The van der Waals surface area contributed by atoms with Crippen molar-refractivity contribution in [1.29, 1.82) is 0 Å². The van der Waals surface area contributed by atoms with Crippen LogP contribution in [-0.4, -0.2) is 39.3 Å². The Kier molecular flexibility index (Phi) is 13.7. The fourth-order valence-electron chi connectivity index (χ4n) is 2.78. The minimum Gasteiger partial charge on any atom is -0.482 e. The summed E-state index contributed by atoms with van der Waals surface area (Å²) in [6.07, 6.45) is 0.892. The quantitative estimate of drug-likeness (QED) is 0.517. The van der Waals surface area contributed by atoms with Crippen molar-refractivity contribution in [3.63, 3.8) is 0 Å². The molecule has 0 radical (unpaired) electrons. The summed E-state index contributed by atoms with van der Waals surface area (Å²) in [7, 11) is 3.29. The lowest BCUT2D eigenvalue weighted by molar-refractivity contribution is -0.142. The Bertz CT molecular complexity index is 729. The molecule has 0 heterocycles. The van der Waals surface area contributed by atoms with E-state index in [2.05, 4.69) is 28.4 Å². The van der Waals surface area contributed by atoms with Crippen molar-refractivity contribution in [2.75, 3.05) is 27.3 Å². The minimum absolute atomic E-state index is 0. The molecule has 2 rings (SSSR count). The van der Waals surface area contributed by atoms with Gasteiger partial charge in [0.1, 0.15) is 5.75 Å². The standard InChI is InChI=1S/C21H27ClN2O3.2ClH/c1-15(24-13-20(23-2)17-5-4-6-18(22)12-17)11-16-7-9-19(10-8-16)27-14-21(25)26-3;;/h4-10,12,15,20,23-24H,11,13-14H2,1-3H3;2*1H. The molecule has 0 saturated heterocycles. The summed E-state index contributed by atoms with van der Waals surface area (Å²) in [4.78, 5) is 11.1. The third-order valence-corrected chi connectivity index (χ3v) is 4.55. The Labute approximate surface area is 190 Å². The first kappa shape index (κ1) is 27.5. The van der Waals surface area contributed by atoms with Crippen LogP contribution in [0.2, 0.25) is 5.02 Å². The summed E-state index contributed by atoms with van der Waals surface area (Å²) in [6.45, 7) is 2.88. The molecule has 0 spiro atoms. The van der Waals surface area contributed by atoms with E-state index in [1.807, 2.05) is 49.5 Å². The molecular formula is C21H29Cl3N2O3. The van der Waals surface area contributed by atoms with E-state index in [9.17, 15) is 4.79 Å². The van der Waals surface area contributed by atoms with Crippen LogP contribution in [0.1, 0.15) is 24.1 Å². The second kappa shape index (κ2) is 14.5. The highest BCUT2D eigenvalue weighted by Crippen LogP contribution is 2.18. The van der Waals surface area contributed by atoms with Gasteiger partial charge in [0, 0.05) is 23.7 Å². The van der Waals surface area contributed by atoms with Gasteiger partial charge in [0.15, 0.2) is 6.61 Å². The largest absolute Gasteiger partial charge is 0.482 e. The topological polar surface area (TPSA) is 59.6 Å². The lowest BCUT2D eigenvalue weighted by Crippen LogP contribution is -2.36. The maximum absolute atomic E-state index is 11.1. The number of hydrogen-bond acceptors (Lipinski definition) is 5. The first-order chi connectivity index (χ1) is 13.0. The molecule has 5 nitrogen and oxygen atoms in total. The van der Waals surface area contributed by atoms with Crippen LogP contribution in [0.5, 0.6) is 5.75 Å². The van der Waals surface area contributed by atoms with Gasteiger partial charge in [0.2, 0.25) is 0 Å². The lowest BCUT2D eigenvalue weighted by atomic mass is 10.0. The Hall–Kier alpha value is -1.50. The third kappa shape index (κ3) is 9.70. The number of carbonyl (C=O) groups is 1. The molecule has 162 valence electrons. The molecule has 0 bridgehead atoms. The zero-order chi connectivity index (χ0) is 19.6. The van der Waals surface area contributed by atoms with E-state index in [0.29, 0.717) is 11.8 Å². The molecule has 0 saturated carbocycles. The van der Waals surface area contributed by atoms with Crippen molar-refractivity contribution in [1.82, 2.24) is 10.6 Å². The monoisotopic (exact) mass is 462 g/mol. The molecule has 2 unspecified atom stereocenters. The number of nitrogens with one attached hydrogen (secondary N) is 2. The van der Waals surface area contributed by atoms with Crippen molar-refractivity contribution < 1.29 is 14.3 Å². The van der Waals surface area contributed by atoms with E-state index in [1.54, 1.807) is 0 Å². The van der Waals surface area contributed by atoms with Gasteiger partial charge in [-0.1, -0.05) is 35.9 Å². The highest BCUT2D eigenvalue weighted by Gasteiger charge is 2.12. The van der Waals surface area contributed by atoms with Gasteiger partial charge in [-0.3, -0.25) is 0 Å². The van der Waals surface area contributed by atoms with Gasteiger partial charge in [-0.25, -0.2) is 4.79 Å². The van der Waals surface area contributed by atoms with Crippen molar-refractivity contribution in [3.8, 4) is 5.75 Å². The summed E-state index contributed by atoms with van der Waals surface area (Å²) < 4.78 is 9.92. The number of halogens is 3. The number of carbonyl (C=O) groups excluding carboxylic acids is 1. The van der Waals surface area contributed by atoms with Crippen LogP contribution < -0.4 is 15.4 Å². The van der Waals surface area contributed by atoms with E-state index in [0.717, 1.165) is 23.6 Å². The van der Waals surface area contributed by atoms with Gasteiger partial charge in [-0.05, 0) is 55.8 Å². The summed E-state index contributed by atoms with van der Waals surface area (Å²) in [6, 6.07) is 16.2. The normalized spacial score (nSPS) is 12.1. The SMILES string of the molecule is CNC(CNC(C)Cc1ccc(OCC(=O)OC)cc1)c1cccc(Cl)c1.Cl.Cl. The van der Waals surface area contributed by atoms with Crippen molar-refractivity contribution in [3.05, 3.63) is 64.7 Å². The molecule has 0 aliphatic rings. The Balaban J connectivity index is 0.00000392. The molecule has 2 N–H and O–H groups in total. The molecule has 0 aliphatic carbocycles. The van der Waals surface area contributed by atoms with Crippen LogP contribution in [0, 0.1) is 0 Å². The van der Waals surface area contributed by atoms with Crippen LogP contribution in [0.3, 0.4) is 0 Å². The van der Waals surface area contributed by atoms with Crippen LogP contribution >= 0.6 is 36.4 Å². The summed E-state index contributed by atoms with van der Waals surface area (Å²) in [5.74, 6) is 0.261. The Morgan fingerprint density at radius 1 is 1.14 bits per heavy atom. The maximum Gasteiger partial charge on any atom is 0.343 e. The predicted octanol–water partition coefficient (Wildman–Crippen LogP) is 4.22. The van der Waals surface area contributed by atoms with Crippen molar-refractivity contribution in [2.45, 2.75) is 25.4 Å². The molecule has 2 atom stereocenters. The Morgan fingerprint density at radius 3 is 2.41 bits per heavy atom. The second-order valence-electron chi connectivity index (χ2n) is 6.42. The Morgan fingerprint density at radius 2 is 1.83 bits per heavy atom. The van der Waals surface area contributed by atoms with E-state index < -0.39 is 5.97 Å². The molecule has 29 heavy (non-hydrogen) atoms. The average Bonchev–Trinajstić information content (AvgIpc) is 2.67. The van der Waals surface area contributed by atoms with Crippen molar-refractivity contribution in [2.24, 2.45) is 0 Å². The maximum atomic E-state index is 11.1. The van der Waals surface area contributed by atoms with Gasteiger partial charge in [-0.15, -0.1) is 24.8 Å². The van der Waals surface area contributed by atoms with Crippen molar-refractivity contribution >= 4 is 42.4 Å². The molecule has 0 amide bonds. The zero-order valence-corrected chi connectivity index (χ0v) is 19.2. The molecule has 2 aromatic rings. The average molecular weight is 464 g/mol. The summed E-state index contributed by atoms with van der Waals surface area (Å²) in [5.41, 5.74) is 2.36. The number of methoxy groups -OCH3 is 1. The molecule has 0 fully saturated rings. The minimum atomic E-state index is -0.393. The van der Waals surface area contributed by atoms with E-state index in [-0.39, 0.29) is 37.5 Å². The molecular weight excluding hydrogens is 435 g/mol. The van der Waals surface area contributed by atoms with Crippen LogP contribution in [0.15, 0.2) is 48.5 Å². The number of rotatable bonds is 10. The molecule has 0 aromatic heterocycles. The highest BCUT2D eigenvalue weighted by molar-refractivity contribution is 6.30. The number of benzene rings is 2. The number of ether oxygens (including phenoxy) is 2. The van der Waals surface area contributed by atoms with E-state index in [4.69, 9.17) is 16.3 Å². The summed E-state index contributed by atoms with van der Waals surface area (Å²) >= 11 is 6.09. The van der Waals surface area contributed by atoms with Gasteiger partial charge >= 0.3 is 5.97 Å². The molecule has 8 heteroatoms. The van der Waals surface area contributed by atoms with E-state index in [1.165, 1.54) is 12.7 Å². The van der Waals surface area contributed by atoms with Gasteiger partial charge < -0.3 is 20.1 Å². The summed E-state index contributed by atoms with van der Waals surface area (Å²) in [5, 5.41) is 7.63. The number of hydrogen-bond donors (Lipinski definition) is 2. The zero-order valence-electron chi connectivity index (χ0n) is 16.8. The highest BCUT2D eigenvalue weighted by atomic mass is 35.5. The first-order valence-electron chi connectivity index (χ1n) is 8.96. The van der Waals surface area contributed by atoms with E-state index >= 15 is 0 Å². The second-order valence-corrected chi connectivity index (χ2v) is 6.85.